The SMILES string of the molecule is CCN1C(=O)C2CC(C)CCN2C1=O. The molecule has 0 bridgehead atoms. The lowest BCUT2D eigenvalue weighted by Gasteiger charge is -2.30. The molecule has 4 heteroatoms. The van der Waals surface area contributed by atoms with Crippen LogP contribution in [0.15, 0.2) is 0 Å². The lowest BCUT2D eigenvalue weighted by atomic mass is 9.93. The first kappa shape index (κ1) is 9.49. The second-order valence-corrected chi connectivity index (χ2v) is 4.20. The molecular formula is C10H16N2O2. The number of amides is 3. The van der Waals surface area contributed by atoms with Gasteiger partial charge in [-0.05, 0) is 25.7 Å². The van der Waals surface area contributed by atoms with Gasteiger partial charge in [0.2, 0.25) is 0 Å². The number of likely N-dealkylation sites (N-methyl/N-ethyl adjacent to an activating group) is 1. The van der Waals surface area contributed by atoms with Crippen molar-refractivity contribution >= 4 is 11.9 Å². The van der Waals surface area contributed by atoms with E-state index in [0.29, 0.717) is 12.5 Å². The van der Waals surface area contributed by atoms with E-state index in [4.69, 9.17) is 0 Å². The van der Waals surface area contributed by atoms with Crippen molar-refractivity contribution in [1.82, 2.24) is 9.80 Å². The summed E-state index contributed by atoms with van der Waals surface area (Å²) in [6.45, 7) is 5.23. The molecule has 0 N–H and O–H groups in total. The number of piperidine rings is 1. The third-order valence-electron chi connectivity index (χ3n) is 3.21. The summed E-state index contributed by atoms with van der Waals surface area (Å²) in [5.41, 5.74) is 0. The Hall–Kier alpha value is -1.06. The molecule has 2 aliphatic heterocycles. The van der Waals surface area contributed by atoms with E-state index in [1.54, 1.807) is 4.90 Å². The highest BCUT2D eigenvalue weighted by Gasteiger charge is 2.46. The van der Waals surface area contributed by atoms with Gasteiger partial charge < -0.3 is 4.90 Å². The normalized spacial score (nSPS) is 32.4. The number of rotatable bonds is 1. The van der Waals surface area contributed by atoms with E-state index in [2.05, 4.69) is 6.92 Å². The molecule has 2 unspecified atom stereocenters. The van der Waals surface area contributed by atoms with Crippen LogP contribution in [0.5, 0.6) is 0 Å². The summed E-state index contributed by atoms with van der Waals surface area (Å²) < 4.78 is 0. The number of urea groups is 1. The molecular weight excluding hydrogens is 180 g/mol. The van der Waals surface area contributed by atoms with Gasteiger partial charge in [-0.2, -0.15) is 0 Å². The molecule has 2 aliphatic rings. The summed E-state index contributed by atoms with van der Waals surface area (Å²) in [6, 6.07) is -0.249. The van der Waals surface area contributed by atoms with Gasteiger partial charge in [0.05, 0.1) is 0 Å². The molecule has 0 aliphatic carbocycles. The molecule has 4 nitrogen and oxygen atoms in total. The Morgan fingerprint density at radius 3 is 2.79 bits per heavy atom. The summed E-state index contributed by atoms with van der Waals surface area (Å²) in [5, 5.41) is 0. The fraction of sp³-hybridized carbons (Fsp3) is 0.800. The largest absolute Gasteiger partial charge is 0.327 e. The number of nitrogens with zero attached hydrogens (tertiary/aromatic N) is 2. The van der Waals surface area contributed by atoms with Gasteiger partial charge in [0.1, 0.15) is 6.04 Å². The molecule has 2 fully saturated rings. The summed E-state index contributed by atoms with van der Waals surface area (Å²) in [7, 11) is 0. The first-order valence-electron chi connectivity index (χ1n) is 5.27. The van der Waals surface area contributed by atoms with Gasteiger partial charge in [0.25, 0.3) is 5.91 Å². The molecule has 14 heavy (non-hydrogen) atoms. The van der Waals surface area contributed by atoms with Gasteiger partial charge in [-0.1, -0.05) is 6.92 Å². The van der Waals surface area contributed by atoms with Crippen molar-refractivity contribution in [1.29, 1.82) is 0 Å². The van der Waals surface area contributed by atoms with Crippen LogP contribution < -0.4 is 0 Å². The van der Waals surface area contributed by atoms with Crippen LogP contribution in [-0.2, 0) is 4.79 Å². The predicted octanol–water partition coefficient (Wildman–Crippen LogP) is 1.07. The lowest BCUT2D eigenvalue weighted by molar-refractivity contribution is -0.129. The van der Waals surface area contributed by atoms with Crippen LogP contribution in [0.25, 0.3) is 0 Å². The molecule has 2 saturated heterocycles. The van der Waals surface area contributed by atoms with E-state index in [0.717, 1.165) is 19.4 Å². The zero-order valence-electron chi connectivity index (χ0n) is 8.69. The van der Waals surface area contributed by atoms with Gasteiger partial charge in [0.15, 0.2) is 0 Å². The summed E-state index contributed by atoms with van der Waals surface area (Å²) in [6.07, 6.45) is 1.86. The van der Waals surface area contributed by atoms with E-state index in [1.807, 2.05) is 6.92 Å². The van der Waals surface area contributed by atoms with Crippen molar-refractivity contribution in [3.05, 3.63) is 0 Å². The summed E-state index contributed by atoms with van der Waals surface area (Å²) in [5.74, 6) is 0.564. The predicted molar refractivity (Wildman–Crippen MR) is 51.7 cm³/mol. The minimum absolute atomic E-state index is 0.00375. The highest BCUT2D eigenvalue weighted by atomic mass is 16.2. The molecule has 0 aromatic carbocycles. The molecule has 0 saturated carbocycles. The van der Waals surface area contributed by atoms with Crippen molar-refractivity contribution < 1.29 is 9.59 Å². The topological polar surface area (TPSA) is 40.6 Å². The highest BCUT2D eigenvalue weighted by molar-refractivity contribution is 6.04. The number of carbonyl (C=O) groups is 2. The molecule has 2 atom stereocenters. The number of hydrogen-bond donors (Lipinski definition) is 0. The molecule has 0 radical (unpaired) electrons. The molecule has 0 aromatic heterocycles. The lowest BCUT2D eigenvalue weighted by Crippen LogP contribution is -2.41. The van der Waals surface area contributed by atoms with Crippen molar-refractivity contribution in [3.63, 3.8) is 0 Å². The van der Waals surface area contributed by atoms with Gasteiger partial charge in [0, 0.05) is 13.1 Å². The monoisotopic (exact) mass is 196 g/mol. The minimum atomic E-state index is -0.161. The quantitative estimate of drug-likeness (QED) is 0.588. The van der Waals surface area contributed by atoms with E-state index in [-0.39, 0.29) is 18.0 Å². The third kappa shape index (κ3) is 1.21. The van der Waals surface area contributed by atoms with Crippen molar-refractivity contribution in [2.24, 2.45) is 5.92 Å². The average molecular weight is 196 g/mol. The van der Waals surface area contributed by atoms with Crippen LogP contribution in [0.4, 0.5) is 4.79 Å². The fourth-order valence-corrected chi connectivity index (χ4v) is 2.32. The first-order valence-corrected chi connectivity index (χ1v) is 5.27. The molecule has 78 valence electrons. The summed E-state index contributed by atoms with van der Waals surface area (Å²) >= 11 is 0. The van der Waals surface area contributed by atoms with E-state index in [1.165, 1.54) is 4.90 Å². The van der Waals surface area contributed by atoms with E-state index < -0.39 is 0 Å². The molecule has 0 spiro atoms. The smallest absolute Gasteiger partial charge is 0.312 e. The van der Waals surface area contributed by atoms with Crippen LogP contribution in [0.3, 0.4) is 0 Å². The maximum absolute atomic E-state index is 11.8. The Bertz CT molecular complexity index is 277. The van der Waals surface area contributed by atoms with E-state index in [9.17, 15) is 9.59 Å². The van der Waals surface area contributed by atoms with Gasteiger partial charge >= 0.3 is 6.03 Å². The Morgan fingerprint density at radius 2 is 2.14 bits per heavy atom. The van der Waals surface area contributed by atoms with Crippen molar-refractivity contribution in [2.75, 3.05) is 13.1 Å². The molecule has 2 rings (SSSR count). The average Bonchev–Trinajstić information content (AvgIpc) is 2.39. The summed E-state index contributed by atoms with van der Waals surface area (Å²) in [4.78, 5) is 26.6. The Morgan fingerprint density at radius 1 is 1.43 bits per heavy atom. The van der Waals surface area contributed by atoms with Gasteiger partial charge in [-0.15, -0.1) is 0 Å². The number of imide groups is 1. The third-order valence-corrected chi connectivity index (χ3v) is 3.21. The standard InChI is InChI=1S/C10H16N2O2/c1-3-11-9(13)8-6-7(2)4-5-12(8)10(11)14/h7-8H,3-6H2,1-2H3. The van der Waals surface area contributed by atoms with Gasteiger partial charge in [-0.25, -0.2) is 4.79 Å². The number of carbonyl (C=O) groups excluding carboxylic acids is 2. The maximum Gasteiger partial charge on any atom is 0.327 e. The molecule has 2 heterocycles. The first-order chi connectivity index (χ1) is 6.65. The Labute approximate surface area is 83.9 Å². The number of hydrogen-bond acceptors (Lipinski definition) is 2. The highest BCUT2D eigenvalue weighted by Crippen LogP contribution is 2.29. The molecule has 0 aromatic rings. The van der Waals surface area contributed by atoms with Crippen LogP contribution in [0.2, 0.25) is 0 Å². The van der Waals surface area contributed by atoms with Crippen molar-refractivity contribution in [2.45, 2.75) is 32.7 Å². The zero-order chi connectivity index (χ0) is 10.3. The van der Waals surface area contributed by atoms with Crippen LogP contribution >= 0.6 is 0 Å². The molecule has 3 amide bonds. The Kier molecular flexibility index (Phi) is 2.21. The maximum atomic E-state index is 11.8. The van der Waals surface area contributed by atoms with Gasteiger partial charge in [-0.3, -0.25) is 9.69 Å². The minimum Gasteiger partial charge on any atom is -0.312 e. The van der Waals surface area contributed by atoms with E-state index >= 15 is 0 Å². The number of fused-ring (bicyclic) bond motifs is 1. The fourth-order valence-electron chi connectivity index (χ4n) is 2.32. The second kappa shape index (κ2) is 3.26. The Balaban J connectivity index is 2.21. The van der Waals surface area contributed by atoms with Crippen LogP contribution in [0, 0.1) is 5.92 Å². The second-order valence-electron chi connectivity index (χ2n) is 4.20. The van der Waals surface area contributed by atoms with Crippen LogP contribution in [0.1, 0.15) is 26.7 Å². The van der Waals surface area contributed by atoms with Crippen LogP contribution in [-0.4, -0.2) is 40.9 Å². The van der Waals surface area contributed by atoms with Crippen molar-refractivity contribution in [3.8, 4) is 0 Å². The zero-order valence-corrected chi connectivity index (χ0v) is 8.69.